The zero-order valence-corrected chi connectivity index (χ0v) is 16.4. The molecule has 144 valence electrons. The normalized spacial score (nSPS) is 47.7. The molecule has 0 aromatic heterocycles. The minimum Gasteiger partial charge on any atom is -0.466 e. The molecular weight excluding hydrogens is 328 g/mol. The van der Waals surface area contributed by atoms with Gasteiger partial charge in [0.2, 0.25) is 0 Å². The molecule has 0 aromatic carbocycles. The first-order valence-electron chi connectivity index (χ1n) is 10.4. The molecule has 4 aliphatic rings. The van der Waals surface area contributed by atoms with Crippen molar-refractivity contribution in [2.75, 3.05) is 6.61 Å². The first-order valence-corrected chi connectivity index (χ1v) is 10.4. The highest BCUT2D eigenvalue weighted by Crippen LogP contribution is 2.66. The van der Waals surface area contributed by atoms with Crippen LogP contribution in [0.1, 0.15) is 72.1 Å². The predicted molar refractivity (Wildman–Crippen MR) is 97.2 cm³/mol. The van der Waals surface area contributed by atoms with Crippen LogP contribution in [-0.4, -0.2) is 24.1 Å². The summed E-state index contributed by atoms with van der Waals surface area (Å²) in [6.07, 6.45) is 7.36. The Bertz CT molecular complexity index is 640. The summed E-state index contributed by atoms with van der Waals surface area (Å²) in [4.78, 5) is 36.3. The highest BCUT2D eigenvalue weighted by Gasteiger charge is 2.62. The van der Waals surface area contributed by atoms with Gasteiger partial charge in [-0.25, -0.2) is 0 Å². The van der Waals surface area contributed by atoms with E-state index in [4.69, 9.17) is 4.74 Å². The molecule has 4 rings (SSSR count). The van der Waals surface area contributed by atoms with Gasteiger partial charge in [-0.3, -0.25) is 14.4 Å². The minimum absolute atomic E-state index is 0.0548. The molecule has 0 amide bonds. The average Bonchev–Trinajstić information content (AvgIpc) is 2.89. The van der Waals surface area contributed by atoms with Crippen LogP contribution >= 0.6 is 0 Å². The van der Waals surface area contributed by atoms with Crippen LogP contribution in [-0.2, 0) is 19.1 Å². The molecule has 4 nitrogen and oxygen atoms in total. The third kappa shape index (κ3) is 2.51. The summed E-state index contributed by atoms with van der Waals surface area (Å²) < 4.78 is 5.40. The van der Waals surface area contributed by atoms with Crippen LogP contribution in [0.15, 0.2) is 0 Å². The molecule has 4 heteroatoms. The van der Waals surface area contributed by atoms with Crippen molar-refractivity contribution >= 4 is 17.5 Å². The zero-order chi connectivity index (χ0) is 18.7. The van der Waals surface area contributed by atoms with Crippen LogP contribution in [0.3, 0.4) is 0 Å². The Hall–Kier alpha value is -1.19. The van der Waals surface area contributed by atoms with E-state index in [1.54, 1.807) is 0 Å². The molecule has 4 fully saturated rings. The van der Waals surface area contributed by atoms with Crippen LogP contribution in [0.25, 0.3) is 0 Å². The van der Waals surface area contributed by atoms with Gasteiger partial charge in [-0.05, 0) is 61.2 Å². The zero-order valence-electron chi connectivity index (χ0n) is 16.4. The summed E-state index contributed by atoms with van der Waals surface area (Å²) in [6.45, 7) is 6.40. The van der Waals surface area contributed by atoms with Gasteiger partial charge < -0.3 is 4.74 Å². The number of rotatable bonds is 2. The fraction of sp³-hybridized carbons (Fsp3) is 0.864. The SMILES string of the molecule is CC(=O)OCC1CC(=O)CC2CC[C@@H]3[C@H](CC[C@]4(C)C(=O)CC[C@@H]34)[C@]21C. The van der Waals surface area contributed by atoms with E-state index in [1.165, 1.54) is 6.92 Å². The Kier molecular flexibility index (Phi) is 4.32. The number of fused-ring (bicyclic) bond motifs is 5. The highest BCUT2D eigenvalue weighted by molar-refractivity contribution is 5.87. The molecule has 26 heavy (non-hydrogen) atoms. The number of hydrogen-bond acceptors (Lipinski definition) is 4. The number of ketones is 2. The van der Waals surface area contributed by atoms with Crippen molar-refractivity contribution < 1.29 is 19.1 Å². The average molecular weight is 360 g/mol. The number of esters is 1. The fourth-order valence-electron chi connectivity index (χ4n) is 7.51. The Morgan fingerprint density at radius 1 is 1.08 bits per heavy atom. The summed E-state index contributed by atoms with van der Waals surface area (Å²) in [5.41, 5.74) is -0.0561. The van der Waals surface area contributed by atoms with Crippen molar-refractivity contribution in [2.45, 2.75) is 72.1 Å². The second kappa shape index (κ2) is 6.17. The van der Waals surface area contributed by atoms with Gasteiger partial charge >= 0.3 is 5.97 Å². The van der Waals surface area contributed by atoms with E-state index < -0.39 is 0 Å². The van der Waals surface area contributed by atoms with E-state index in [9.17, 15) is 14.4 Å². The Labute approximate surface area is 156 Å². The van der Waals surface area contributed by atoms with E-state index in [1.807, 2.05) is 0 Å². The monoisotopic (exact) mass is 360 g/mol. The van der Waals surface area contributed by atoms with Crippen LogP contribution in [0.2, 0.25) is 0 Å². The molecule has 7 atom stereocenters. The van der Waals surface area contributed by atoms with Crippen LogP contribution < -0.4 is 0 Å². The maximum atomic E-state index is 12.5. The molecule has 0 bridgehead atoms. The van der Waals surface area contributed by atoms with Gasteiger partial charge in [-0.2, -0.15) is 0 Å². The molecular formula is C22H32O4. The van der Waals surface area contributed by atoms with Gasteiger partial charge in [0.15, 0.2) is 0 Å². The number of carbonyl (C=O) groups excluding carboxylic acids is 3. The van der Waals surface area contributed by atoms with Gasteiger partial charge in [0, 0.05) is 37.5 Å². The molecule has 4 aliphatic carbocycles. The van der Waals surface area contributed by atoms with Crippen LogP contribution in [0.5, 0.6) is 0 Å². The topological polar surface area (TPSA) is 60.4 Å². The quantitative estimate of drug-likeness (QED) is 0.700. The first-order chi connectivity index (χ1) is 12.3. The van der Waals surface area contributed by atoms with E-state index in [0.717, 1.165) is 38.5 Å². The van der Waals surface area contributed by atoms with Crippen LogP contribution in [0.4, 0.5) is 0 Å². The second-order valence-corrected chi connectivity index (χ2v) is 9.88. The van der Waals surface area contributed by atoms with Gasteiger partial charge in [-0.1, -0.05) is 13.8 Å². The predicted octanol–water partition coefficient (Wildman–Crippen LogP) is 3.96. The van der Waals surface area contributed by atoms with Gasteiger partial charge in [0.25, 0.3) is 0 Å². The number of carbonyl (C=O) groups is 3. The maximum Gasteiger partial charge on any atom is 0.302 e. The van der Waals surface area contributed by atoms with Crippen molar-refractivity contribution in [1.82, 2.24) is 0 Å². The summed E-state index contributed by atoms with van der Waals surface area (Å²) >= 11 is 0. The Balaban J connectivity index is 1.65. The van der Waals surface area contributed by atoms with Crippen molar-refractivity contribution in [2.24, 2.45) is 40.4 Å². The lowest BCUT2D eigenvalue weighted by atomic mass is 9.43. The highest BCUT2D eigenvalue weighted by atomic mass is 16.5. The van der Waals surface area contributed by atoms with Crippen LogP contribution in [0, 0.1) is 40.4 Å². The number of ether oxygens (including phenoxy) is 1. The fourth-order valence-corrected chi connectivity index (χ4v) is 7.51. The maximum absolute atomic E-state index is 12.5. The molecule has 4 saturated carbocycles. The molecule has 2 unspecified atom stereocenters. The molecule has 0 radical (unpaired) electrons. The molecule has 0 aromatic rings. The summed E-state index contributed by atoms with van der Waals surface area (Å²) in [6, 6.07) is 0. The molecule has 0 aliphatic heterocycles. The Morgan fingerprint density at radius 3 is 2.58 bits per heavy atom. The summed E-state index contributed by atoms with van der Waals surface area (Å²) in [7, 11) is 0. The smallest absolute Gasteiger partial charge is 0.302 e. The molecule has 0 spiro atoms. The molecule has 0 saturated heterocycles. The summed E-state index contributed by atoms with van der Waals surface area (Å²) in [5.74, 6) is 2.75. The van der Waals surface area contributed by atoms with Crippen molar-refractivity contribution in [1.29, 1.82) is 0 Å². The van der Waals surface area contributed by atoms with Gasteiger partial charge in [0.05, 0.1) is 6.61 Å². The largest absolute Gasteiger partial charge is 0.466 e. The number of hydrogen-bond donors (Lipinski definition) is 0. The van der Waals surface area contributed by atoms with E-state index >= 15 is 0 Å². The number of Topliss-reactive ketones (excluding diaryl/α,β-unsaturated/α-hetero) is 2. The summed E-state index contributed by atoms with van der Waals surface area (Å²) in [5, 5.41) is 0. The third-order valence-electron chi connectivity index (χ3n) is 8.99. The third-order valence-corrected chi connectivity index (χ3v) is 8.99. The van der Waals surface area contributed by atoms with Crippen molar-refractivity contribution in [3.63, 3.8) is 0 Å². The van der Waals surface area contributed by atoms with Crippen molar-refractivity contribution in [3.8, 4) is 0 Å². The van der Waals surface area contributed by atoms with E-state index in [-0.39, 0.29) is 22.7 Å². The van der Waals surface area contributed by atoms with E-state index in [2.05, 4.69) is 13.8 Å². The van der Waals surface area contributed by atoms with Gasteiger partial charge in [-0.15, -0.1) is 0 Å². The van der Waals surface area contributed by atoms with E-state index in [0.29, 0.717) is 54.7 Å². The Morgan fingerprint density at radius 2 is 1.85 bits per heavy atom. The lowest BCUT2D eigenvalue weighted by Crippen LogP contribution is -2.57. The molecule has 0 N–H and O–H groups in total. The lowest BCUT2D eigenvalue weighted by Gasteiger charge is -2.61. The lowest BCUT2D eigenvalue weighted by molar-refractivity contribution is -0.168. The second-order valence-electron chi connectivity index (χ2n) is 9.88. The van der Waals surface area contributed by atoms with Gasteiger partial charge in [0.1, 0.15) is 11.6 Å². The first kappa shape index (κ1) is 18.2. The molecule has 0 heterocycles. The minimum atomic E-state index is -0.256. The standard InChI is InChI=1S/C22H32O4/c1-13(23)26-12-15-11-16(24)10-14-4-5-17-18-6-7-20(25)21(18,2)9-8-19(17)22(14,15)3/h14-15,17-19H,4-12H2,1-3H3/t14?,15?,17-,18-,19-,21-,22+/m0/s1. The van der Waals surface area contributed by atoms with Crippen molar-refractivity contribution in [3.05, 3.63) is 0 Å².